The van der Waals surface area contributed by atoms with Gasteiger partial charge in [0.15, 0.2) is 0 Å². The first-order valence-electron chi connectivity index (χ1n) is 9.22. The van der Waals surface area contributed by atoms with E-state index in [2.05, 4.69) is 14.3 Å². The van der Waals surface area contributed by atoms with E-state index in [0.29, 0.717) is 34.8 Å². The number of aliphatic hydroxyl groups excluding tert-OH is 1. The Morgan fingerprint density at radius 3 is 2.82 bits per heavy atom. The number of aliphatic hydroxyl groups is 1. The number of halogens is 2. The van der Waals surface area contributed by atoms with Crippen molar-refractivity contribution in [3.05, 3.63) is 35.0 Å². The van der Waals surface area contributed by atoms with Gasteiger partial charge in [-0.05, 0) is 25.0 Å². The molecule has 0 amide bonds. The number of nitrogens with zero attached hydrogens (tertiary/aromatic N) is 4. The molecule has 1 N–H and O–H groups in total. The fourth-order valence-electron chi connectivity index (χ4n) is 4.08. The Balaban J connectivity index is 1.69. The number of alkyl halides is 2. The molecule has 3 heterocycles. The molecule has 1 aromatic carbocycles. The van der Waals surface area contributed by atoms with E-state index in [1.165, 1.54) is 0 Å². The summed E-state index contributed by atoms with van der Waals surface area (Å²) in [5, 5.41) is 9.81. The SMILES string of the molecule is C[C@H]1[C@H](O)CN1c1nc(-c2ccc3c(c2)S(C)(=O)=NC3)c2c(n1)C(F)(F)CC2. The van der Waals surface area contributed by atoms with Gasteiger partial charge in [0.25, 0.3) is 5.92 Å². The molecular formula is C19H20F2N4O2S. The third-order valence-corrected chi connectivity index (χ3v) is 7.77. The Hall–Kier alpha value is -2.13. The molecule has 1 aromatic heterocycles. The first kappa shape index (κ1) is 17.9. The van der Waals surface area contributed by atoms with E-state index in [1.807, 2.05) is 19.1 Å². The monoisotopic (exact) mass is 406 g/mol. The van der Waals surface area contributed by atoms with Crippen molar-refractivity contribution in [3.63, 3.8) is 0 Å². The highest BCUT2D eigenvalue weighted by Crippen LogP contribution is 2.45. The number of hydrogen-bond donors (Lipinski definition) is 1. The maximum absolute atomic E-state index is 14.5. The lowest BCUT2D eigenvalue weighted by Crippen LogP contribution is -2.59. The van der Waals surface area contributed by atoms with Gasteiger partial charge in [0.1, 0.15) is 5.69 Å². The van der Waals surface area contributed by atoms with Gasteiger partial charge < -0.3 is 10.0 Å². The molecule has 6 nitrogen and oxygen atoms in total. The molecule has 1 fully saturated rings. The number of benzene rings is 1. The molecule has 1 saturated heterocycles. The molecule has 0 saturated carbocycles. The van der Waals surface area contributed by atoms with Crippen molar-refractivity contribution in [2.45, 2.75) is 49.3 Å². The van der Waals surface area contributed by atoms with E-state index >= 15 is 0 Å². The third kappa shape index (κ3) is 2.49. The molecule has 1 aliphatic carbocycles. The first-order chi connectivity index (χ1) is 13.2. The Bertz CT molecular complexity index is 1130. The summed E-state index contributed by atoms with van der Waals surface area (Å²) < 4.78 is 45.9. The number of aromatic nitrogens is 2. The normalized spacial score (nSPS) is 29.8. The Labute approximate surface area is 161 Å². The Morgan fingerprint density at radius 2 is 2.11 bits per heavy atom. The molecule has 28 heavy (non-hydrogen) atoms. The second-order valence-corrected chi connectivity index (χ2v) is 10.1. The van der Waals surface area contributed by atoms with Crippen molar-refractivity contribution in [1.82, 2.24) is 9.97 Å². The average Bonchev–Trinajstić information content (AvgIpc) is 3.14. The molecule has 1 unspecified atom stereocenters. The molecule has 3 aliphatic rings. The highest BCUT2D eigenvalue weighted by molar-refractivity contribution is 7.93. The molecule has 0 radical (unpaired) electrons. The zero-order chi connectivity index (χ0) is 19.8. The van der Waals surface area contributed by atoms with Crippen LogP contribution in [0.5, 0.6) is 0 Å². The third-order valence-electron chi connectivity index (χ3n) is 5.95. The fourth-order valence-corrected chi connectivity index (χ4v) is 5.57. The van der Waals surface area contributed by atoms with Gasteiger partial charge in [-0.25, -0.2) is 18.5 Å². The fraction of sp³-hybridized carbons (Fsp3) is 0.474. The van der Waals surface area contributed by atoms with E-state index in [4.69, 9.17) is 0 Å². The number of anilines is 1. The smallest absolute Gasteiger partial charge is 0.290 e. The Morgan fingerprint density at radius 1 is 1.32 bits per heavy atom. The molecule has 148 valence electrons. The van der Waals surface area contributed by atoms with Crippen LogP contribution in [-0.2, 0) is 28.6 Å². The van der Waals surface area contributed by atoms with Crippen LogP contribution in [0.1, 0.15) is 30.2 Å². The summed E-state index contributed by atoms with van der Waals surface area (Å²) in [7, 11) is -2.47. The first-order valence-corrected chi connectivity index (χ1v) is 11.1. The molecule has 3 atom stereocenters. The van der Waals surface area contributed by atoms with Crippen LogP contribution in [0.25, 0.3) is 11.3 Å². The van der Waals surface area contributed by atoms with Gasteiger partial charge in [-0.1, -0.05) is 12.1 Å². The van der Waals surface area contributed by atoms with Crippen LogP contribution in [0.4, 0.5) is 14.7 Å². The van der Waals surface area contributed by atoms with Crippen LogP contribution in [0, 0.1) is 0 Å². The lowest BCUT2D eigenvalue weighted by molar-refractivity contribution is -0.00603. The lowest BCUT2D eigenvalue weighted by Gasteiger charge is -2.43. The van der Waals surface area contributed by atoms with Gasteiger partial charge in [-0.3, -0.25) is 0 Å². The Kier molecular flexibility index (Phi) is 3.65. The van der Waals surface area contributed by atoms with Gasteiger partial charge >= 0.3 is 0 Å². The minimum absolute atomic E-state index is 0.194. The van der Waals surface area contributed by atoms with Crippen molar-refractivity contribution in [1.29, 1.82) is 0 Å². The van der Waals surface area contributed by atoms with Crippen molar-refractivity contribution >= 4 is 15.7 Å². The number of rotatable bonds is 2. The van der Waals surface area contributed by atoms with Crippen LogP contribution in [0.15, 0.2) is 27.5 Å². The lowest BCUT2D eigenvalue weighted by atomic mass is 10.0. The quantitative estimate of drug-likeness (QED) is 0.830. The highest BCUT2D eigenvalue weighted by atomic mass is 32.2. The second-order valence-electron chi connectivity index (χ2n) is 7.78. The van der Waals surface area contributed by atoms with E-state index in [-0.39, 0.29) is 30.5 Å². The molecule has 2 aromatic rings. The van der Waals surface area contributed by atoms with E-state index in [1.54, 1.807) is 17.2 Å². The van der Waals surface area contributed by atoms with Crippen molar-refractivity contribution in [2.24, 2.45) is 4.36 Å². The zero-order valence-corrected chi connectivity index (χ0v) is 16.3. The summed E-state index contributed by atoms with van der Waals surface area (Å²) in [5.41, 5.74) is 2.21. The summed E-state index contributed by atoms with van der Waals surface area (Å²) >= 11 is 0. The average molecular weight is 406 g/mol. The summed E-state index contributed by atoms with van der Waals surface area (Å²) in [6, 6.07) is 5.22. The van der Waals surface area contributed by atoms with Crippen molar-refractivity contribution in [2.75, 3.05) is 17.7 Å². The standard InChI is InChI=1S/C19H20F2N4O2S/c1-10-14(26)9-25(10)18-23-16(13-5-6-19(20,21)17(13)24-18)11-3-4-12-8-22-28(2,27)15(12)7-11/h3-4,7,10,14,26H,5-6,8-9H2,1-2H3/t10-,14+,28?/m0/s1. The van der Waals surface area contributed by atoms with Gasteiger partial charge in [0.05, 0.1) is 39.0 Å². The maximum Gasteiger partial charge on any atom is 0.290 e. The molecule has 0 spiro atoms. The molecule has 9 heteroatoms. The summed E-state index contributed by atoms with van der Waals surface area (Å²) in [5.74, 6) is -2.80. The summed E-state index contributed by atoms with van der Waals surface area (Å²) in [4.78, 5) is 11.2. The van der Waals surface area contributed by atoms with Crippen LogP contribution in [0.2, 0.25) is 0 Å². The van der Waals surface area contributed by atoms with Crippen LogP contribution in [-0.4, -0.2) is 44.2 Å². The van der Waals surface area contributed by atoms with Crippen molar-refractivity contribution in [3.8, 4) is 11.3 Å². The van der Waals surface area contributed by atoms with Crippen molar-refractivity contribution < 1.29 is 18.1 Å². The topological polar surface area (TPSA) is 78.7 Å². The minimum Gasteiger partial charge on any atom is -0.389 e. The minimum atomic E-state index is -3.00. The maximum atomic E-state index is 14.5. The number of β-amino-alcohol motifs (C(OH)–C–C–N with tert-alkyl or cyclic N) is 1. The predicted octanol–water partition coefficient (Wildman–Crippen LogP) is 2.72. The van der Waals surface area contributed by atoms with E-state index in [0.717, 1.165) is 5.56 Å². The molecule has 2 aliphatic heterocycles. The molecule has 0 bridgehead atoms. The second kappa shape index (κ2) is 5.70. The number of hydrogen-bond acceptors (Lipinski definition) is 6. The van der Waals surface area contributed by atoms with Gasteiger partial charge in [0, 0.05) is 30.3 Å². The van der Waals surface area contributed by atoms with Gasteiger partial charge in [-0.2, -0.15) is 8.78 Å². The van der Waals surface area contributed by atoms with E-state index < -0.39 is 21.8 Å². The van der Waals surface area contributed by atoms with Crippen LogP contribution in [0.3, 0.4) is 0 Å². The van der Waals surface area contributed by atoms with Crippen LogP contribution >= 0.6 is 0 Å². The van der Waals surface area contributed by atoms with Gasteiger partial charge in [-0.15, -0.1) is 0 Å². The largest absolute Gasteiger partial charge is 0.389 e. The number of fused-ring (bicyclic) bond motifs is 2. The predicted molar refractivity (Wildman–Crippen MR) is 101 cm³/mol. The molecular weight excluding hydrogens is 386 g/mol. The van der Waals surface area contributed by atoms with E-state index in [9.17, 15) is 18.1 Å². The summed E-state index contributed by atoms with van der Waals surface area (Å²) in [6.07, 6.45) is 0.970. The highest BCUT2D eigenvalue weighted by Gasteiger charge is 2.45. The van der Waals surface area contributed by atoms with Crippen LogP contribution < -0.4 is 4.90 Å². The summed E-state index contributed by atoms with van der Waals surface area (Å²) in [6.45, 7) is 2.53. The molecule has 5 rings (SSSR count). The van der Waals surface area contributed by atoms with Gasteiger partial charge in [0.2, 0.25) is 5.95 Å². The zero-order valence-electron chi connectivity index (χ0n) is 15.5.